The van der Waals surface area contributed by atoms with Crippen LogP contribution in [0.1, 0.15) is 25.7 Å². The van der Waals surface area contributed by atoms with E-state index in [-0.39, 0.29) is 25.7 Å². The fourth-order valence-electron chi connectivity index (χ4n) is 1.31. The van der Waals surface area contributed by atoms with Crippen LogP contribution in [0.2, 0.25) is 0 Å². The molecular weight excluding hydrogens is 166 g/mol. The van der Waals surface area contributed by atoms with Crippen molar-refractivity contribution in [3.8, 4) is 0 Å². The lowest BCUT2D eigenvalue weighted by Crippen LogP contribution is -2.55. The summed E-state index contributed by atoms with van der Waals surface area (Å²) < 4.78 is 25.2. The van der Waals surface area contributed by atoms with E-state index in [0.717, 1.165) is 0 Å². The number of rotatable bonds is 1. The molecule has 1 saturated carbocycles. The van der Waals surface area contributed by atoms with Crippen molar-refractivity contribution in [2.24, 2.45) is 11.5 Å². The van der Waals surface area contributed by atoms with Crippen LogP contribution in [0.15, 0.2) is 0 Å². The number of hydrogen-bond acceptors (Lipinski definition) is 2. The Morgan fingerprint density at radius 3 is 1.92 bits per heavy atom. The molecule has 1 aliphatic carbocycles. The molecule has 12 heavy (non-hydrogen) atoms. The van der Waals surface area contributed by atoms with E-state index < -0.39 is 17.4 Å². The summed E-state index contributed by atoms with van der Waals surface area (Å²) in [5, 5.41) is 0. The van der Waals surface area contributed by atoms with Crippen LogP contribution in [0.3, 0.4) is 0 Å². The van der Waals surface area contributed by atoms with Gasteiger partial charge in [0.05, 0.1) is 5.54 Å². The van der Waals surface area contributed by atoms with Crippen LogP contribution in [0.5, 0.6) is 0 Å². The van der Waals surface area contributed by atoms with Gasteiger partial charge in [-0.25, -0.2) is 8.78 Å². The molecule has 1 amide bonds. The lowest BCUT2D eigenvalue weighted by Gasteiger charge is -2.34. The van der Waals surface area contributed by atoms with Crippen LogP contribution in [0, 0.1) is 0 Å². The number of carbonyl (C=O) groups is 1. The van der Waals surface area contributed by atoms with Gasteiger partial charge in [-0.3, -0.25) is 4.79 Å². The number of primary amides is 1. The zero-order valence-corrected chi connectivity index (χ0v) is 6.65. The van der Waals surface area contributed by atoms with Crippen LogP contribution in [0.4, 0.5) is 8.78 Å². The summed E-state index contributed by atoms with van der Waals surface area (Å²) in [4.78, 5) is 10.7. The van der Waals surface area contributed by atoms with Gasteiger partial charge in [0.2, 0.25) is 11.8 Å². The van der Waals surface area contributed by atoms with E-state index in [1.165, 1.54) is 0 Å². The molecule has 4 N–H and O–H groups in total. The molecule has 70 valence electrons. The van der Waals surface area contributed by atoms with Crippen LogP contribution in [-0.4, -0.2) is 17.4 Å². The molecule has 0 atom stereocenters. The van der Waals surface area contributed by atoms with Crippen molar-refractivity contribution in [2.75, 3.05) is 0 Å². The Labute approximate surface area is 69.1 Å². The summed E-state index contributed by atoms with van der Waals surface area (Å²) in [5.74, 6) is -3.35. The Bertz CT molecular complexity index is 196. The first-order valence-corrected chi connectivity index (χ1v) is 3.82. The van der Waals surface area contributed by atoms with Crippen molar-refractivity contribution in [1.29, 1.82) is 0 Å². The minimum absolute atomic E-state index is 0.0185. The highest BCUT2D eigenvalue weighted by Gasteiger charge is 2.44. The van der Waals surface area contributed by atoms with Crippen LogP contribution >= 0.6 is 0 Å². The van der Waals surface area contributed by atoms with Gasteiger partial charge in [0, 0.05) is 12.8 Å². The number of hydrogen-bond donors (Lipinski definition) is 2. The van der Waals surface area contributed by atoms with Gasteiger partial charge in [0.25, 0.3) is 0 Å². The molecule has 0 aromatic heterocycles. The van der Waals surface area contributed by atoms with Gasteiger partial charge in [0.1, 0.15) is 0 Å². The molecule has 0 bridgehead atoms. The van der Waals surface area contributed by atoms with Gasteiger partial charge in [-0.2, -0.15) is 0 Å². The molecule has 0 saturated heterocycles. The zero-order chi connectivity index (χ0) is 9.41. The lowest BCUT2D eigenvalue weighted by molar-refractivity contribution is -0.128. The van der Waals surface area contributed by atoms with E-state index in [1.54, 1.807) is 0 Å². The largest absolute Gasteiger partial charge is 0.368 e. The molecule has 1 fully saturated rings. The lowest BCUT2D eigenvalue weighted by atomic mass is 9.80. The summed E-state index contributed by atoms with van der Waals surface area (Å²) in [6, 6.07) is 0. The standard InChI is InChI=1S/C7H12F2N2O/c8-7(9)3-1-6(11,2-4-7)5(10)12/h1-4,11H2,(H2,10,12). The third-order valence-corrected chi connectivity index (χ3v) is 2.36. The summed E-state index contributed by atoms with van der Waals surface area (Å²) in [7, 11) is 0. The Morgan fingerprint density at radius 1 is 1.17 bits per heavy atom. The first kappa shape index (κ1) is 9.38. The molecule has 5 heteroatoms. The van der Waals surface area contributed by atoms with Gasteiger partial charge in [-0.05, 0) is 12.8 Å². The van der Waals surface area contributed by atoms with Crippen molar-refractivity contribution >= 4 is 5.91 Å². The quantitative estimate of drug-likeness (QED) is 0.609. The molecule has 0 aliphatic heterocycles. The highest BCUT2D eigenvalue weighted by Crippen LogP contribution is 2.36. The minimum Gasteiger partial charge on any atom is -0.368 e. The van der Waals surface area contributed by atoms with Crippen LogP contribution in [-0.2, 0) is 4.79 Å². The van der Waals surface area contributed by atoms with Crippen LogP contribution < -0.4 is 11.5 Å². The molecule has 0 aromatic carbocycles. The molecular formula is C7H12F2N2O. The van der Waals surface area contributed by atoms with Crippen molar-refractivity contribution in [1.82, 2.24) is 0 Å². The molecule has 0 aromatic rings. The number of halogens is 2. The highest BCUT2D eigenvalue weighted by atomic mass is 19.3. The van der Waals surface area contributed by atoms with Crippen LogP contribution in [0.25, 0.3) is 0 Å². The van der Waals surface area contributed by atoms with Gasteiger partial charge in [0.15, 0.2) is 0 Å². The Kier molecular flexibility index (Phi) is 2.07. The third-order valence-electron chi connectivity index (χ3n) is 2.36. The van der Waals surface area contributed by atoms with E-state index in [4.69, 9.17) is 11.5 Å². The summed E-state index contributed by atoms with van der Waals surface area (Å²) in [5.41, 5.74) is 9.29. The van der Waals surface area contributed by atoms with Gasteiger partial charge < -0.3 is 11.5 Å². The van der Waals surface area contributed by atoms with Crippen molar-refractivity contribution in [3.63, 3.8) is 0 Å². The van der Waals surface area contributed by atoms with Gasteiger partial charge in [-0.1, -0.05) is 0 Å². The minimum atomic E-state index is -2.67. The Hall–Kier alpha value is -0.710. The average molecular weight is 178 g/mol. The molecule has 0 unspecified atom stereocenters. The maximum Gasteiger partial charge on any atom is 0.248 e. The smallest absolute Gasteiger partial charge is 0.248 e. The fourth-order valence-corrected chi connectivity index (χ4v) is 1.31. The molecule has 0 radical (unpaired) electrons. The predicted molar refractivity (Wildman–Crippen MR) is 39.5 cm³/mol. The fraction of sp³-hybridized carbons (Fsp3) is 0.857. The third kappa shape index (κ3) is 1.72. The highest BCUT2D eigenvalue weighted by molar-refractivity contribution is 5.84. The maximum atomic E-state index is 12.6. The summed E-state index contributed by atoms with van der Waals surface area (Å²) >= 11 is 0. The first-order valence-electron chi connectivity index (χ1n) is 3.82. The summed E-state index contributed by atoms with van der Waals surface area (Å²) in [6.45, 7) is 0. The van der Waals surface area contributed by atoms with Gasteiger partial charge in [-0.15, -0.1) is 0 Å². The van der Waals surface area contributed by atoms with E-state index in [1.807, 2.05) is 0 Å². The van der Waals surface area contributed by atoms with Crippen molar-refractivity contribution < 1.29 is 13.6 Å². The number of alkyl halides is 2. The Morgan fingerprint density at radius 2 is 1.58 bits per heavy atom. The monoisotopic (exact) mass is 178 g/mol. The van der Waals surface area contributed by atoms with E-state index in [2.05, 4.69) is 0 Å². The molecule has 3 nitrogen and oxygen atoms in total. The van der Waals surface area contributed by atoms with Gasteiger partial charge >= 0.3 is 0 Å². The SMILES string of the molecule is NC(=O)C1(N)CCC(F)(F)CC1. The second kappa shape index (κ2) is 2.65. The zero-order valence-electron chi connectivity index (χ0n) is 6.65. The molecule has 1 rings (SSSR count). The van der Waals surface area contributed by atoms with E-state index in [9.17, 15) is 13.6 Å². The van der Waals surface area contributed by atoms with Crippen molar-refractivity contribution in [3.05, 3.63) is 0 Å². The number of carbonyl (C=O) groups excluding carboxylic acids is 1. The molecule has 1 aliphatic rings. The van der Waals surface area contributed by atoms with E-state index in [0.29, 0.717) is 0 Å². The summed E-state index contributed by atoms with van der Waals surface area (Å²) in [6.07, 6.45) is -0.719. The first-order chi connectivity index (χ1) is 5.36. The maximum absolute atomic E-state index is 12.6. The predicted octanol–water partition coefficient (Wildman–Crippen LogP) is 0.378. The normalized spacial score (nSPS) is 26.6. The number of nitrogens with two attached hydrogens (primary N) is 2. The van der Waals surface area contributed by atoms with Crippen molar-refractivity contribution in [2.45, 2.75) is 37.1 Å². The Balaban J connectivity index is 2.62. The average Bonchev–Trinajstić information content (AvgIpc) is 1.96. The van der Waals surface area contributed by atoms with E-state index >= 15 is 0 Å². The molecule has 0 heterocycles. The second-order valence-corrected chi connectivity index (χ2v) is 3.38. The number of amides is 1. The molecule has 0 spiro atoms. The second-order valence-electron chi connectivity index (χ2n) is 3.38. The topological polar surface area (TPSA) is 69.1 Å².